The van der Waals surface area contributed by atoms with Crippen molar-refractivity contribution in [3.8, 4) is 0 Å². The number of benzene rings is 1. The summed E-state index contributed by atoms with van der Waals surface area (Å²) in [5.74, 6) is 0.238. The average Bonchev–Trinajstić information content (AvgIpc) is 2.87. The highest BCUT2D eigenvalue weighted by molar-refractivity contribution is 6.30. The van der Waals surface area contributed by atoms with Crippen LogP contribution in [0.1, 0.15) is 11.1 Å². The number of hydrogen-bond acceptors (Lipinski definition) is 2. The van der Waals surface area contributed by atoms with E-state index in [0.29, 0.717) is 36.1 Å². The van der Waals surface area contributed by atoms with Gasteiger partial charge in [0.1, 0.15) is 0 Å². The van der Waals surface area contributed by atoms with Gasteiger partial charge in [-0.05, 0) is 17.7 Å². The van der Waals surface area contributed by atoms with E-state index in [1.54, 1.807) is 22.0 Å². The number of halogens is 4. The minimum Gasteiger partial charge on any atom is -0.342 e. The highest BCUT2D eigenvalue weighted by Gasteiger charge is 2.32. The number of amides is 1. The molecule has 1 amide bonds. The van der Waals surface area contributed by atoms with Crippen LogP contribution in [0.2, 0.25) is 5.02 Å². The second kappa shape index (κ2) is 6.47. The Balaban J connectivity index is 1.48. The highest BCUT2D eigenvalue weighted by Crippen LogP contribution is 2.29. The molecule has 1 aromatic heterocycles. The molecule has 8 heteroatoms. The van der Waals surface area contributed by atoms with Crippen molar-refractivity contribution in [1.82, 2.24) is 14.7 Å². The van der Waals surface area contributed by atoms with Crippen molar-refractivity contribution in [1.29, 1.82) is 0 Å². The summed E-state index contributed by atoms with van der Waals surface area (Å²) in [5.41, 5.74) is -0.129. The first-order chi connectivity index (χ1) is 11.3. The number of hydrogen-bond donors (Lipinski definition) is 0. The third-order valence-electron chi connectivity index (χ3n) is 3.99. The van der Waals surface area contributed by atoms with Gasteiger partial charge in [-0.25, -0.2) is 0 Å². The molecule has 1 aliphatic heterocycles. The number of carbonyl (C=O) groups is 1. The van der Waals surface area contributed by atoms with Crippen LogP contribution in [0.4, 0.5) is 13.2 Å². The topological polar surface area (TPSA) is 38.1 Å². The zero-order chi connectivity index (χ0) is 17.3. The van der Waals surface area contributed by atoms with Crippen molar-refractivity contribution in [2.45, 2.75) is 19.1 Å². The van der Waals surface area contributed by atoms with Crippen LogP contribution < -0.4 is 0 Å². The smallest absolute Gasteiger partial charge is 0.342 e. The summed E-state index contributed by atoms with van der Waals surface area (Å²) in [5, 5.41) is 4.67. The summed E-state index contributed by atoms with van der Waals surface area (Å²) in [6.45, 7) is 1.94. The van der Waals surface area contributed by atoms with Crippen LogP contribution in [0.25, 0.3) is 0 Å². The number of aromatic nitrogens is 2. The molecular weight excluding hydrogens is 343 g/mol. The fourth-order valence-corrected chi connectivity index (χ4v) is 2.85. The zero-order valence-electron chi connectivity index (χ0n) is 12.6. The molecule has 0 unspecified atom stereocenters. The molecule has 1 fully saturated rings. The van der Waals surface area contributed by atoms with Crippen LogP contribution in [0.3, 0.4) is 0 Å². The summed E-state index contributed by atoms with van der Waals surface area (Å²) in [6.07, 6.45) is -0.955. The SMILES string of the molecule is O=C(Cc1ccc(C(F)(F)F)cc1)N1CC(Cn2cc(Cl)cn2)C1. The van der Waals surface area contributed by atoms with Crippen LogP contribution in [0.15, 0.2) is 36.7 Å². The van der Waals surface area contributed by atoms with Gasteiger partial charge in [-0.1, -0.05) is 23.7 Å². The lowest BCUT2D eigenvalue weighted by atomic mass is 9.98. The van der Waals surface area contributed by atoms with Gasteiger partial charge in [0.05, 0.1) is 23.2 Å². The molecule has 3 rings (SSSR count). The largest absolute Gasteiger partial charge is 0.416 e. The molecule has 128 valence electrons. The standard InChI is InChI=1S/C16H15ClF3N3O/c17-14-6-21-23(10-14)9-12-7-22(8-12)15(24)5-11-1-3-13(4-2-11)16(18,19)20/h1-4,6,10,12H,5,7-9H2. The second-order valence-electron chi connectivity index (χ2n) is 5.92. The maximum Gasteiger partial charge on any atom is 0.416 e. The summed E-state index contributed by atoms with van der Waals surface area (Å²) in [4.78, 5) is 13.8. The fraction of sp³-hybridized carbons (Fsp3) is 0.375. The lowest BCUT2D eigenvalue weighted by Gasteiger charge is -2.39. The first-order valence-electron chi connectivity index (χ1n) is 7.43. The molecule has 2 heterocycles. The Hall–Kier alpha value is -2.02. The van der Waals surface area contributed by atoms with Crippen LogP contribution in [-0.4, -0.2) is 33.7 Å². The van der Waals surface area contributed by atoms with Crippen molar-refractivity contribution in [3.63, 3.8) is 0 Å². The monoisotopic (exact) mass is 357 g/mol. The van der Waals surface area contributed by atoms with E-state index in [4.69, 9.17) is 11.6 Å². The molecule has 0 atom stereocenters. The summed E-state index contributed by atoms with van der Waals surface area (Å²) >= 11 is 5.80. The number of carbonyl (C=O) groups excluding carboxylic acids is 1. The minimum atomic E-state index is -4.36. The molecule has 0 spiro atoms. The summed E-state index contributed by atoms with van der Waals surface area (Å²) in [6, 6.07) is 4.71. The molecule has 1 aromatic carbocycles. The fourth-order valence-electron chi connectivity index (χ4n) is 2.69. The van der Waals surface area contributed by atoms with Crippen LogP contribution in [-0.2, 0) is 23.9 Å². The Morgan fingerprint density at radius 2 is 1.92 bits per heavy atom. The molecule has 0 radical (unpaired) electrons. The Labute approximate surface area is 141 Å². The van der Waals surface area contributed by atoms with Crippen LogP contribution in [0.5, 0.6) is 0 Å². The normalized spacial score (nSPS) is 15.4. The molecule has 1 aliphatic rings. The minimum absolute atomic E-state index is 0.0792. The van der Waals surface area contributed by atoms with Gasteiger partial charge in [0.25, 0.3) is 0 Å². The van der Waals surface area contributed by atoms with E-state index < -0.39 is 11.7 Å². The Morgan fingerprint density at radius 3 is 2.46 bits per heavy atom. The van der Waals surface area contributed by atoms with Gasteiger partial charge in [0.15, 0.2) is 0 Å². The third kappa shape index (κ3) is 3.90. The van der Waals surface area contributed by atoms with E-state index in [9.17, 15) is 18.0 Å². The number of nitrogens with zero attached hydrogens (tertiary/aromatic N) is 3. The highest BCUT2D eigenvalue weighted by atomic mass is 35.5. The molecule has 2 aromatic rings. The molecule has 0 N–H and O–H groups in total. The molecule has 1 saturated heterocycles. The quantitative estimate of drug-likeness (QED) is 0.842. The molecule has 24 heavy (non-hydrogen) atoms. The summed E-state index contributed by atoms with van der Waals surface area (Å²) in [7, 11) is 0. The van der Waals surface area contributed by atoms with E-state index in [0.717, 1.165) is 12.1 Å². The Kier molecular flexibility index (Phi) is 4.54. The van der Waals surface area contributed by atoms with Gasteiger partial charge < -0.3 is 4.90 Å². The predicted octanol–water partition coefficient (Wildman–Crippen LogP) is 3.26. The predicted molar refractivity (Wildman–Crippen MR) is 82.5 cm³/mol. The van der Waals surface area contributed by atoms with E-state index in [-0.39, 0.29) is 12.3 Å². The zero-order valence-corrected chi connectivity index (χ0v) is 13.4. The van der Waals surface area contributed by atoms with E-state index >= 15 is 0 Å². The number of likely N-dealkylation sites (tertiary alicyclic amines) is 1. The maximum atomic E-state index is 12.5. The van der Waals surface area contributed by atoms with Gasteiger partial charge >= 0.3 is 6.18 Å². The first-order valence-corrected chi connectivity index (χ1v) is 7.81. The molecule has 0 bridgehead atoms. The second-order valence-corrected chi connectivity index (χ2v) is 6.35. The van der Waals surface area contributed by atoms with E-state index in [1.165, 1.54) is 12.1 Å². The lowest BCUT2D eigenvalue weighted by Crippen LogP contribution is -2.51. The third-order valence-corrected chi connectivity index (χ3v) is 4.19. The van der Waals surface area contributed by atoms with E-state index in [1.807, 2.05) is 0 Å². The maximum absolute atomic E-state index is 12.5. The van der Waals surface area contributed by atoms with Crippen LogP contribution in [0, 0.1) is 5.92 Å². The van der Waals surface area contributed by atoms with Gasteiger partial charge in [0.2, 0.25) is 5.91 Å². The van der Waals surface area contributed by atoms with Gasteiger partial charge in [-0.2, -0.15) is 18.3 Å². The van der Waals surface area contributed by atoms with Gasteiger partial charge in [0, 0.05) is 31.7 Å². The van der Waals surface area contributed by atoms with Crippen molar-refractivity contribution in [2.24, 2.45) is 5.92 Å². The molecule has 4 nitrogen and oxygen atoms in total. The van der Waals surface area contributed by atoms with Crippen molar-refractivity contribution in [3.05, 3.63) is 52.8 Å². The van der Waals surface area contributed by atoms with Crippen molar-refractivity contribution >= 4 is 17.5 Å². The van der Waals surface area contributed by atoms with Crippen molar-refractivity contribution in [2.75, 3.05) is 13.1 Å². The van der Waals surface area contributed by atoms with E-state index in [2.05, 4.69) is 5.10 Å². The van der Waals surface area contributed by atoms with Crippen molar-refractivity contribution < 1.29 is 18.0 Å². The van der Waals surface area contributed by atoms with Gasteiger partial charge in [-0.15, -0.1) is 0 Å². The average molecular weight is 358 g/mol. The molecule has 0 aliphatic carbocycles. The van der Waals surface area contributed by atoms with Crippen LogP contribution >= 0.6 is 11.6 Å². The molecule has 0 saturated carbocycles. The Morgan fingerprint density at radius 1 is 1.25 bits per heavy atom. The Bertz CT molecular complexity index is 721. The first kappa shape index (κ1) is 16.8. The summed E-state index contributed by atoms with van der Waals surface area (Å²) < 4.78 is 39.3. The molecular formula is C16H15ClF3N3O. The number of alkyl halides is 3. The van der Waals surface area contributed by atoms with Gasteiger partial charge in [-0.3, -0.25) is 9.48 Å². The number of rotatable bonds is 4. The lowest BCUT2D eigenvalue weighted by molar-refractivity contribution is -0.137.